The average molecular weight is 465 g/mol. The highest BCUT2D eigenvalue weighted by Gasteiger charge is 2.21. The van der Waals surface area contributed by atoms with E-state index in [1.165, 1.54) is 10.2 Å². The highest BCUT2D eigenvalue weighted by atomic mass is 32.2. The van der Waals surface area contributed by atoms with Gasteiger partial charge < -0.3 is 10.4 Å². The maximum Gasteiger partial charge on any atom is 0.236 e. The molecule has 0 aliphatic rings. The monoisotopic (exact) mass is 464 g/mol. The number of carbonyl (C=O) groups is 1. The maximum absolute atomic E-state index is 12.7. The van der Waals surface area contributed by atoms with E-state index in [-0.39, 0.29) is 12.5 Å². The first kappa shape index (κ1) is 22.9. The molecule has 1 unspecified atom stereocenters. The van der Waals surface area contributed by atoms with Crippen LogP contribution in [-0.2, 0) is 27.7 Å². The van der Waals surface area contributed by atoms with E-state index in [2.05, 4.69) is 10.3 Å². The van der Waals surface area contributed by atoms with Gasteiger partial charge >= 0.3 is 0 Å². The van der Waals surface area contributed by atoms with Gasteiger partial charge in [-0.25, -0.2) is 12.4 Å². The van der Waals surface area contributed by atoms with E-state index >= 15 is 0 Å². The van der Waals surface area contributed by atoms with Crippen molar-refractivity contribution in [2.24, 2.45) is 0 Å². The Kier molecular flexibility index (Phi) is 6.49. The van der Waals surface area contributed by atoms with Crippen molar-refractivity contribution in [3.8, 4) is 0 Å². The summed E-state index contributed by atoms with van der Waals surface area (Å²) in [7, 11) is -3.52. The van der Waals surface area contributed by atoms with Crippen LogP contribution in [0.25, 0.3) is 21.8 Å². The molecule has 4 rings (SSSR count). The molecule has 1 radical (unpaired) electrons. The number of aliphatic hydroxyl groups is 1. The van der Waals surface area contributed by atoms with Crippen LogP contribution < -0.4 is 5.32 Å². The Morgan fingerprint density at radius 3 is 2.45 bits per heavy atom. The number of nitrogens with zero attached hydrogens (tertiary/aromatic N) is 2. The molecule has 0 fully saturated rings. The molecule has 2 heterocycles. The van der Waals surface area contributed by atoms with E-state index in [1.54, 1.807) is 25.3 Å². The quantitative estimate of drug-likeness (QED) is 0.418. The second kappa shape index (κ2) is 9.33. The number of aromatic nitrogens is 2. The molecule has 0 aliphatic heterocycles. The third-order valence-electron chi connectivity index (χ3n) is 5.62. The van der Waals surface area contributed by atoms with E-state index in [1.807, 2.05) is 48.5 Å². The first-order chi connectivity index (χ1) is 15.8. The Morgan fingerprint density at radius 1 is 1.06 bits per heavy atom. The van der Waals surface area contributed by atoms with Crippen molar-refractivity contribution < 1.29 is 18.3 Å². The maximum atomic E-state index is 12.7. The third kappa shape index (κ3) is 4.91. The molecule has 0 spiro atoms. The summed E-state index contributed by atoms with van der Waals surface area (Å²) in [5.41, 5.74) is 2.80. The molecular formula is C25H26N3O4S. The molecule has 2 aromatic heterocycles. The summed E-state index contributed by atoms with van der Waals surface area (Å²) in [5.74, 6) is 0.311. The van der Waals surface area contributed by atoms with E-state index in [0.717, 1.165) is 16.3 Å². The predicted molar refractivity (Wildman–Crippen MR) is 129 cm³/mol. The van der Waals surface area contributed by atoms with E-state index in [0.29, 0.717) is 35.5 Å². The molecular weight excluding hydrogens is 438 g/mol. The van der Waals surface area contributed by atoms with Crippen molar-refractivity contribution in [1.82, 2.24) is 14.3 Å². The molecule has 0 aliphatic carbocycles. The molecule has 4 aromatic rings. The standard InChI is InChI=1S/C25H26N3O4S/c1-17(25(30)27-20(16-29)13-18-8-4-3-5-9-18)12-19-14-22-21-10-6-7-11-23(21)28(33(2,31)32)24(22)15-26-19/h3-11,14-15,20,29H,12-13,16H2,1-2H3,(H,27,30). The molecule has 0 saturated carbocycles. The van der Waals surface area contributed by atoms with Crippen molar-refractivity contribution in [3.05, 3.63) is 84.0 Å². The van der Waals surface area contributed by atoms with Crippen LogP contribution in [0.3, 0.4) is 0 Å². The van der Waals surface area contributed by atoms with Gasteiger partial charge in [0.05, 0.1) is 42.1 Å². The van der Waals surface area contributed by atoms with Crippen molar-refractivity contribution >= 4 is 37.7 Å². The summed E-state index contributed by atoms with van der Waals surface area (Å²) < 4.78 is 26.1. The summed E-state index contributed by atoms with van der Waals surface area (Å²) in [5, 5.41) is 14.2. The van der Waals surface area contributed by atoms with E-state index in [9.17, 15) is 18.3 Å². The van der Waals surface area contributed by atoms with Crippen molar-refractivity contribution in [2.75, 3.05) is 12.9 Å². The fourth-order valence-electron chi connectivity index (χ4n) is 4.05. The highest BCUT2D eigenvalue weighted by Crippen LogP contribution is 2.30. The minimum atomic E-state index is -3.52. The van der Waals surface area contributed by atoms with Gasteiger partial charge in [0, 0.05) is 22.9 Å². The number of amides is 1. The Hall–Kier alpha value is -3.23. The number of hydrogen-bond donors (Lipinski definition) is 2. The number of fused-ring (bicyclic) bond motifs is 3. The smallest absolute Gasteiger partial charge is 0.236 e. The number of nitrogens with one attached hydrogen (secondary N) is 1. The fourth-order valence-corrected chi connectivity index (χ4v) is 5.07. The van der Waals surface area contributed by atoms with Crippen molar-refractivity contribution in [2.45, 2.75) is 25.8 Å². The van der Waals surface area contributed by atoms with Crippen molar-refractivity contribution in [3.63, 3.8) is 0 Å². The lowest BCUT2D eigenvalue weighted by Gasteiger charge is -2.19. The average Bonchev–Trinajstić information content (AvgIpc) is 3.13. The number of aliphatic hydroxyl groups excluding tert-OH is 1. The third-order valence-corrected chi connectivity index (χ3v) is 6.67. The zero-order valence-electron chi connectivity index (χ0n) is 18.5. The molecule has 2 aromatic carbocycles. The molecule has 1 atom stereocenters. The topological polar surface area (TPSA) is 101 Å². The van der Waals surface area contributed by atoms with E-state index < -0.39 is 16.1 Å². The van der Waals surface area contributed by atoms with Crippen LogP contribution >= 0.6 is 0 Å². The molecule has 2 N–H and O–H groups in total. The Morgan fingerprint density at radius 2 is 1.76 bits per heavy atom. The lowest BCUT2D eigenvalue weighted by molar-refractivity contribution is -0.120. The summed E-state index contributed by atoms with van der Waals surface area (Å²) in [6.45, 7) is 1.57. The Bertz CT molecular complexity index is 1400. The van der Waals surface area contributed by atoms with Crippen LogP contribution in [0, 0.1) is 5.92 Å². The molecule has 0 saturated heterocycles. The lowest BCUT2D eigenvalue weighted by Crippen LogP contribution is -2.41. The summed E-state index contributed by atoms with van der Waals surface area (Å²) in [6, 6.07) is 18.4. The summed E-state index contributed by atoms with van der Waals surface area (Å²) >= 11 is 0. The molecule has 1 amide bonds. The van der Waals surface area contributed by atoms with Crippen LogP contribution in [0.5, 0.6) is 0 Å². The highest BCUT2D eigenvalue weighted by molar-refractivity contribution is 7.89. The summed E-state index contributed by atoms with van der Waals surface area (Å²) in [6.07, 6.45) is 3.56. The van der Waals surface area contributed by atoms with Gasteiger partial charge in [0.15, 0.2) is 0 Å². The van der Waals surface area contributed by atoms with Crippen LogP contribution in [0.15, 0.2) is 66.9 Å². The predicted octanol–water partition coefficient (Wildman–Crippen LogP) is 2.85. The minimum absolute atomic E-state index is 0.164. The number of rotatable bonds is 8. The Balaban J connectivity index is 1.55. The molecule has 8 heteroatoms. The number of pyridine rings is 1. The summed E-state index contributed by atoms with van der Waals surface area (Å²) in [4.78, 5) is 17.2. The normalized spacial score (nSPS) is 13.0. The number of benzene rings is 2. The van der Waals surface area contributed by atoms with Gasteiger partial charge in [-0.1, -0.05) is 48.5 Å². The molecule has 0 bridgehead atoms. The number of para-hydroxylation sites is 1. The van der Waals surface area contributed by atoms with Crippen LogP contribution in [0.1, 0.15) is 18.2 Å². The minimum Gasteiger partial charge on any atom is -0.394 e. The number of hydrogen-bond acceptors (Lipinski definition) is 5. The largest absolute Gasteiger partial charge is 0.394 e. The zero-order chi connectivity index (χ0) is 23.6. The number of carbonyl (C=O) groups excluding carboxylic acids is 1. The second-order valence-electron chi connectivity index (χ2n) is 8.24. The Labute approximate surface area is 193 Å². The molecule has 7 nitrogen and oxygen atoms in total. The van der Waals surface area contributed by atoms with Crippen molar-refractivity contribution in [1.29, 1.82) is 0 Å². The molecule has 171 valence electrons. The van der Waals surface area contributed by atoms with Gasteiger partial charge in [-0.05, 0) is 31.0 Å². The van der Waals surface area contributed by atoms with Crippen LogP contribution in [0.4, 0.5) is 0 Å². The van der Waals surface area contributed by atoms with Crippen LogP contribution in [-0.4, -0.2) is 47.3 Å². The van der Waals surface area contributed by atoms with E-state index in [4.69, 9.17) is 0 Å². The van der Waals surface area contributed by atoms with Gasteiger partial charge in [-0.15, -0.1) is 0 Å². The van der Waals surface area contributed by atoms with Gasteiger partial charge in [0.1, 0.15) is 0 Å². The fraction of sp³-hybridized carbons (Fsp3) is 0.240. The SMILES string of the molecule is C[C](Cc1cc2c3ccccc3n(S(C)(=O)=O)c2cn1)C(=O)NC(CO)Cc1ccccc1. The van der Waals surface area contributed by atoms with Gasteiger partial charge in [-0.3, -0.25) is 9.78 Å². The zero-order valence-corrected chi connectivity index (χ0v) is 19.3. The van der Waals surface area contributed by atoms with Crippen LogP contribution in [0.2, 0.25) is 0 Å². The first-order valence-electron chi connectivity index (χ1n) is 10.6. The van der Waals surface area contributed by atoms with Gasteiger partial charge in [-0.2, -0.15) is 0 Å². The van der Waals surface area contributed by atoms with Gasteiger partial charge in [0.2, 0.25) is 15.9 Å². The second-order valence-corrected chi connectivity index (χ2v) is 10.1. The molecule has 33 heavy (non-hydrogen) atoms. The van der Waals surface area contributed by atoms with Gasteiger partial charge in [0.25, 0.3) is 0 Å². The first-order valence-corrected chi connectivity index (χ1v) is 12.5. The lowest BCUT2D eigenvalue weighted by atomic mass is 10.0.